The number of amides is 2. The van der Waals surface area contributed by atoms with E-state index in [1.165, 1.54) is 5.56 Å². The van der Waals surface area contributed by atoms with Crippen LogP contribution in [0.5, 0.6) is 17.2 Å². The SMILES string of the molecule is CCNC(=O)CCC(=O)NCC1CN=C(c2ccc(OC(C)(C)C)cc2)c2ccc(Oc3ccc(C)cc3)cc21. The molecule has 2 N–H and O–H groups in total. The fourth-order valence-electron chi connectivity index (χ4n) is 4.58. The molecule has 1 unspecified atom stereocenters. The average molecular weight is 542 g/mol. The van der Waals surface area contributed by atoms with Crippen LogP contribution in [0.3, 0.4) is 0 Å². The Balaban J connectivity index is 1.56. The van der Waals surface area contributed by atoms with Gasteiger partial charge in [-0.15, -0.1) is 0 Å². The van der Waals surface area contributed by atoms with Crippen LogP contribution in [0, 0.1) is 6.92 Å². The maximum absolute atomic E-state index is 12.5. The second-order valence-corrected chi connectivity index (χ2v) is 11.0. The van der Waals surface area contributed by atoms with Crippen LogP contribution in [0.4, 0.5) is 0 Å². The molecule has 0 aliphatic carbocycles. The predicted molar refractivity (Wildman–Crippen MR) is 159 cm³/mol. The molecule has 0 aromatic heterocycles. The Bertz CT molecular complexity index is 1360. The zero-order chi connectivity index (χ0) is 28.7. The third-order valence-corrected chi connectivity index (χ3v) is 6.49. The molecule has 0 fully saturated rings. The van der Waals surface area contributed by atoms with Crippen molar-refractivity contribution >= 4 is 17.5 Å². The summed E-state index contributed by atoms with van der Waals surface area (Å²) in [5, 5.41) is 5.73. The summed E-state index contributed by atoms with van der Waals surface area (Å²) in [4.78, 5) is 29.2. The van der Waals surface area contributed by atoms with Gasteiger partial charge in [0.1, 0.15) is 22.8 Å². The molecule has 1 heterocycles. The van der Waals surface area contributed by atoms with Gasteiger partial charge in [-0.1, -0.05) is 17.7 Å². The molecule has 2 amide bonds. The van der Waals surface area contributed by atoms with Crippen molar-refractivity contribution < 1.29 is 19.1 Å². The molecule has 1 aliphatic rings. The largest absolute Gasteiger partial charge is 0.488 e. The third kappa shape index (κ3) is 7.94. The Morgan fingerprint density at radius 1 is 0.875 bits per heavy atom. The van der Waals surface area contributed by atoms with E-state index < -0.39 is 0 Å². The number of carbonyl (C=O) groups excluding carboxylic acids is 2. The smallest absolute Gasteiger partial charge is 0.220 e. The minimum atomic E-state index is -0.276. The Morgan fingerprint density at radius 2 is 1.50 bits per heavy atom. The van der Waals surface area contributed by atoms with Gasteiger partial charge >= 0.3 is 0 Å². The van der Waals surface area contributed by atoms with Gasteiger partial charge in [-0.2, -0.15) is 0 Å². The van der Waals surface area contributed by atoms with Crippen molar-refractivity contribution in [3.05, 3.63) is 89.0 Å². The molecule has 4 rings (SSSR count). The maximum atomic E-state index is 12.5. The van der Waals surface area contributed by atoms with Crippen LogP contribution in [0.15, 0.2) is 71.7 Å². The van der Waals surface area contributed by atoms with E-state index in [2.05, 4.69) is 10.6 Å². The Labute approximate surface area is 237 Å². The van der Waals surface area contributed by atoms with Gasteiger partial charge in [-0.3, -0.25) is 14.6 Å². The summed E-state index contributed by atoms with van der Waals surface area (Å²) in [7, 11) is 0. The van der Waals surface area contributed by atoms with Crippen molar-refractivity contribution in [1.82, 2.24) is 10.6 Å². The van der Waals surface area contributed by atoms with Gasteiger partial charge in [0.2, 0.25) is 11.8 Å². The first kappa shape index (κ1) is 28.9. The lowest BCUT2D eigenvalue weighted by Crippen LogP contribution is -2.33. The second-order valence-electron chi connectivity index (χ2n) is 11.0. The van der Waals surface area contributed by atoms with E-state index in [0.29, 0.717) is 19.6 Å². The van der Waals surface area contributed by atoms with Crippen molar-refractivity contribution in [2.75, 3.05) is 19.6 Å². The molecule has 1 aliphatic heterocycles. The van der Waals surface area contributed by atoms with E-state index in [0.717, 1.165) is 39.7 Å². The lowest BCUT2D eigenvalue weighted by atomic mass is 9.86. The molecule has 0 saturated carbocycles. The highest BCUT2D eigenvalue weighted by molar-refractivity contribution is 6.14. The molecule has 0 saturated heterocycles. The second kappa shape index (κ2) is 12.8. The highest BCUT2D eigenvalue weighted by Crippen LogP contribution is 2.33. The van der Waals surface area contributed by atoms with Crippen molar-refractivity contribution in [3.63, 3.8) is 0 Å². The number of carbonyl (C=O) groups is 2. The van der Waals surface area contributed by atoms with Crippen molar-refractivity contribution in [2.24, 2.45) is 4.99 Å². The number of rotatable bonds is 10. The van der Waals surface area contributed by atoms with Gasteiger partial charge in [-0.25, -0.2) is 0 Å². The van der Waals surface area contributed by atoms with E-state index in [-0.39, 0.29) is 36.2 Å². The van der Waals surface area contributed by atoms with Gasteiger partial charge in [0.15, 0.2) is 0 Å². The average Bonchev–Trinajstić information content (AvgIpc) is 2.91. The standard InChI is InChI=1S/C33H39N3O4/c1-6-34-30(37)17-18-31(38)35-20-24-21-36-32(23-9-13-26(14-10-23)40-33(3,4)5)28-16-15-27(19-29(24)28)39-25-11-7-22(2)8-12-25/h7-16,19,24H,6,17-18,20-21H2,1-5H3,(H,34,37)(H,35,38). The summed E-state index contributed by atoms with van der Waals surface area (Å²) >= 11 is 0. The molecule has 0 radical (unpaired) electrons. The number of aliphatic imine (C=N–C) groups is 1. The first-order valence-corrected chi connectivity index (χ1v) is 13.9. The monoisotopic (exact) mass is 541 g/mol. The van der Waals surface area contributed by atoms with E-state index >= 15 is 0 Å². The van der Waals surface area contributed by atoms with Crippen molar-refractivity contribution in [3.8, 4) is 17.2 Å². The van der Waals surface area contributed by atoms with Gasteiger partial charge in [-0.05, 0) is 94.8 Å². The van der Waals surface area contributed by atoms with Crippen LogP contribution in [0.2, 0.25) is 0 Å². The summed E-state index contributed by atoms with van der Waals surface area (Å²) in [6, 6.07) is 22.0. The predicted octanol–water partition coefficient (Wildman–Crippen LogP) is 5.93. The first-order chi connectivity index (χ1) is 19.1. The van der Waals surface area contributed by atoms with Gasteiger partial charge in [0, 0.05) is 49.5 Å². The Morgan fingerprint density at radius 3 is 2.15 bits per heavy atom. The number of nitrogens with one attached hydrogen (secondary N) is 2. The number of aryl methyl sites for hydroxylation is 1. The molecule has 210 valence electrons. The number of nitrogens with zero attached hydrogens (tertiary/aromatic N) is 1. The van der Waals surface area contributed by atoms with Gasteiger partial charge in [0.05, 0.1) is 5.71 Å². The van der Waals surface area contributed by atoms with Gasteiger partial charge < -0.3 is 20.1 Å². The zero-order valence-electron chi connectivity index (χ0n) is 24.0. The summed E-state index contributed by atoms with van der Waals surface area (Å²) in [5.41, 5.74) is 4.86. The maximum Gasteiger partial charge on any atom is 0.220 e. The number of fused-ring (bicyclic) bond motifs is 1. The van der Waals surface area contributed by atoms with E-state index in [1.54, 1.807) is 0 Å². The van der Waals surface area contributed by atoms with E-state index in [9.17, 15) is 9.59 Å². The number of benzene rings is 3. The molecule has 3 aromatic rings. The van der Waals surface area contributed by atoms with Crippen LogP contribution >= 0.6 is 0 Å². The summed E-state index contributed by atoms with van der Waals surface area (Å²) in [5.74, 6) is 2.00. The molecule has 40 heavy (non-hydrogen) atoms. The number of ether oxygens (including phenoxy) is 2. The molecule has 0 spiro atoms. The van der Waals surface area contributed by atoms with Crippen LogP contribution in [-0.4, -0.2) is 42.8 Å². The van der Waals surface area contributed by atoms with Crippen LogP contribution in [0.1, 0.15) is 68.7 Å². The third-order valence-electron chi connectivity index (χ3n) is 6.49. The van der Waals surface area contributed by atoms with Crippen molar-refractivity contribution in [2.45, 2.75) is 59.0 Å². The lowest BCUT2D eigenvalue weighted by Gasteiger charge is -2.26. The van der Waals surface area contributed by atoms with Crippen LogP contribution < -0.4 is 20.1 Å². The number of hydrogen-bond acceptors (Lipinski definition) is 5. The highest BCUT2D eigenvalue weighted by Gasteiger charge is 2.25. The normalized spacial score (nSPS) is 14.5. The fourth-order valence-corrected chi connectivity index (χ4v) is 4.58. The van der Waals surface area contributed by atoms with Crippen LogP contribution in [-0.2, 0) is 9.59 Å². The molecule has 7 heteroatoms. The minimum absolute atomic E-state index is 0.0303. The quantitative estimate of drug-likeness (QED) is 0.333. The Hall–Kier alpha value is -4.13. The highest BCUT2D eigenvalue weighted by atomic mass is 16.5. The molecule has 0 bridgehead atoms. The Kier molecular flexibility index (Phi) is 9.25. The van der Waals surface area contributed by atoms with E-state index in [4.69, 9.17) is 14.5 Å². The zero-order valence-corrected chi connectivity index (χ0v) is 24.0. The minimum Gasteiger partial charge on any atom is -0.488 e. The lowest BCUT2D eigenvalue weighted by molar-refractivity contribution is -0.126. The number of hydrogen-bond donors (Lipinski definition) is 2. The summed E-state index contributed by atoms with van der Waals surface area (Å²) < 4.78 is 12.2. The molecule has 7 nitrogen and oxygen atoms in total. The fraction of sp³-hybridized carbons (Fsp3) is 0.364. The topological polar surface area (TPSA) is 89.0 Å². The molecule has 3 aromatic carbocycles. The van der Waals surface area contributed by atoms with Crippen LogP contribution in [0.25, 0.3) is 0 Å². The summed E-state index contributed by atoms with van der Waals surface area (Å²) in [6.45, 7) is 11.5. The van der Waals surface area contributed by atoms with E-state index in [1.807, 2.05) is 101 Å². The summed E-state index contributed by atoms with van der Waals surface area (Å²) in [6.07, 6.45) is 0.326. The molecular formula is C33H39N3O4. The van der Waals surface area contributed by atoms with Gasteiger partial charge in [0.25, 0.3) is 0 Å². The first-order valence-electron chi connectivity index (χ1n) is 13.9. The molecular weight excluding hydrogens is 502 g/mol. The van der Waals surface area contributed by atoms with Crippen molar-refractivity contribution in [1.29, 1.82) is 0 Å². The molecule has 1 atom stereocenters.